The van der Waals surface area contributed by atoms with Crippen LogP contribution in [0.5, 0.6) is 5.75 Å². The molecule has 0 bridgehead atoms. The first kappa shape index (κ1) is 14.9. The van der Waals surface area contributed by atoms with Crippen LogP contribution in [0.1, 0.15) is 38.7 Å². The van der Waals surface area contributed by atoms with Gasteiger partial charge in [0.05, 0.1) is 19.8 Å². The third-order valence-corrected chi connectivity index (χ3v) is 5.90. The Morgan fingerprint density at radius 2 is 1.84 bits per heavy atom. The van der Waals surface area contributed by atoms with Crippen LogP contribution >= 0.6 is 15.9 Å². The van der Waals surface area contributed by atoms with Crippen molar-refractivity contribution in [3.05, 3.63) is 29.8 Å². The lowest BCUT2D eigenvalue weighted by Gasteiger charge is -2.53. The van der Waals surface area contributed by atoms with Gasteiger partial charge in [0, 0.05) is 10.2 Å². The van der Waals surface area contributed by atoms with Crippen LogP contribution in [-0.2, 0) is 11.3 Å². The largest absolute Gasteiger partial charge is 0.497 e. The van der Waals surface area contributed by atoms with Crippen molar-refractivity contribution in [2.24, 2.45) is 5.41 Å². The Labute approximate surface area is 124 Å². The van der Waals surface area contributed by atoms with Crippen LogP contribution in [0.3, 0.4) is 0 Å². The summed E-state index contributed by atoms with van der Waals surface area (Å²) in [4.78, 5) is 0.607. The van der Waals surface area contributed by atoms with Crippen molar-refractivity contribution in [3.8, 4) is 5.75 Å². The van der Waals surface area contributed by atoms with Gasteiger partial charge in [0.1, 0.15) is 5.75 Å². The molecule has 1 fully saturated rings. The highest BCUT2D eigenvalue weighted by atomic mass is 79.9. The summed E-state index contributed by atoms with van der Waals surface area (Å²) in [6.45, 7) is 5.22. The molecule has 19 heavy (non-hydrogen) atoms. The van der Waals surface area contributed by atoms with Crippen LogP contribution in [0, 0.1) is 5.41 Å². The molecule has 1 aromatic rings. The van der Waals surface area contributed by atoms with E-state index < -0.39 is 0 Å². The van der Waals surface area contributed by atoms with Gasteiger partial charge in [0.2, 0.25) is 0 Å². The van der Waals surface area contributed by atoms with Crippen molar-refractivity contribution in [3.63, 3.8) is 0 Å². The summed E-state index contributed by atoms with van der Waals surface area (Å²) in [5, 5.41) is 0. The van der Waals surface area contributed by atoms with Gasteiger partial charge in [0.25, 0.3) is 0 Å². The molecule has 2 nitrogen and oxygen atoms in total. The molecule has 2 rings (SSSR count). The number of hydrogen-bond donors (Lipinski definition) is 0. The van der Waals surface area contributed by atoms with E-state index in [1.165, 1.54) is 18.4 Å². The lowest BCUT2D eigenvalue weighted by atomic mass is 9.62. The van der Waals surface area contributed by atoms with Gasteiger partial charge in [-0.1, -0.05) is 41.9 Å². The van der Waals surface area contributed by atoms with Crippen LogP contribution in [0.15, 0.2) is 24.3 Å². The molecule has 0 N–H and O–H groups in total. The molecule has 0 heterocycles. The van der Waals surface area contributed by atoms with E-state index in [4.69, 9.17) is 9.47 Å². The molecule has 3 heteroatoms. The SMILES string of the molecule is CCC1(CC)C(Br)CC1OCc1ccc(OC)cc1. The summed E-state index contributed by atoms with van der Waals surface area (Å²) in [7, 11) is 1.69. The first-order valence-electron chi connectivity index (χ1n) is 7.05. The van der Waals surface area contributed by atoms with E-state index in [0.29, 0.717) is 23.0 Å². The molecule has 0 amide bonds. The predicted octanol–water partition coefficient (Wildman–Crippen LogP) is 4.55. The topological polar surface area (TPSA) is 18.5 Å². The van der Waals surface area contributed by atoms with E-state index in [0.717, 1.165) is 12.2 Å². The van der Waals surface area contributed by atoms with E-state index in [1.807, 2.05) is 12.1 Å². The van der Waals surface area contributed by atoms with Gasteiger partial charge < -0.3 is 9.47 Å². The normalized spacial score (nSPS) is 24.8. The zero-order valence-corrected chi connectivity index (χ0v) is 13.6. The fourth-order valence-corrected chi connectivity index (χ4v) is 4.28. The predicted molar refractivity (Wildman–Crippen MR) is 81.9 cm³/mol. The molecule has 2 unspecified atom stereocenters. The second kappa shape index (κ2) is 6.27. The molecule has 1 aliphatic rings. The molecular weight excluding hydrogens is 304 g/mol. The quantitative estimate of drug-likeness (QED) is 0.714. The minimum atomic E-state index is 0.326. The number of benzene rings is 1. The van der Waals surface area contributed by atoms with E-state index in [-0.39, 0.29) is 0 Å². The fraction of sp³-hybridized carbons (Fsp3) is 0.625. The molecule has 0 aromatic heterocycles. The van der Waals surface area contributed by atoms with E-state index in [2.05, 4.69) is 41.9 Å². The molecule has 1 saturated carbocycles. The van der Waals surface area contributed by atoms with E-state index in [9.17, 15) is 0 Å². The molecule has 0 radical (unpaired) electrons. The highest BCUT2D eigenvalue weighted by molar-refractivity contribution is 9.09. The molecule has 2 atom stereocenters. The number of halogens is 1. The summed E-state index contributed by atoms with van der Waals surface area (Å²) >= 11 is 3.79. The standard InChI is InChI=1S/C16H23BrO2/c1-4-16(5-2)14(17)10-15(16)19-11-12-6-8-13(18-3)9-7-12/h6-9,14-15H,4-5,10-11H2,1-3H3. The molecule has 0 saturated heterocycles. The smallest absolute Gasteiger partial charge is 0.118 e. The maximum atomic E-state index is 6.13. The summed E-state index contributed by atoms with van der Waals surface area (Å²) in [6.07, 6.45) is 3.85. The monoisotopic (exact) mass is 326 g/mol. The average molecular weight is 327 g/mol. The van der Waals surface area contributed by atoms with Gasteiger partial charge in [-0.25, -0.2) is 0 Å². The van der Waals surface area contributed by atoms with Crippen molar-refractivity contribution < 1.29 is 9.47 Å². The van der Waals surface area contributed by atoms with Crippen LogP contribution < -0.4 is 4.74 Å². The molecule has 0 aliphatic heterocycles. The Morgan fingerprint density at radius 3 is 2.32 bits per heavy atom. The lowest BCUT2D eigenvalue weighted by Crippen LogP contribution is -2.54. The number of rotatable bonds is 6. The van der Waals surface area contributed by atoms with Crippen molar-refractivity contribution in [2.45, 2.75) is 50.6 Å². The van der Waals surface area contributed by atoms with Gasteiger partial charge in [-0.2, -0.15) is 0 Å². The zero-order chi connectivity index (χ0) is 13.9. The van der Waals surface area contributed by atoms with Gasteiger partial charge >= 0.3 is 0 Å². The third-order valence-electron chi connectivity index (χ3n) is 4.61. The van der Waals surface area contributed by atoms with Crippen molar-refractivity contribution in [2.75, 3.05) is 7.11 Å². The fourth-order valence-electron chi connectivity index (χ4n) is 3.00. The highest BCUT2D eigenvalue weighted by Crippen LogP contribution is 2.52. The average Bonchev–Trinajstić information content (AvgIpc) is 2.45. The van der Waals surface area contributed by atoms with Crippen LogP contribution in [0.4, 0.5) is 0 Å². The van der Waals surface area contributed by atoms with Crippen molar-refractivity contribution >= 4 is 15.9 Å². The van der Waals surface area contributed by atoms with Gasteiger partial charge in [0.15, 0.2) is 0 Å². The summed E-state index contributed by atoms with van der Waals surface area (Å²) < 4.78 is 11.3. The number of alkyl halides is 1. The second-order valence-corrected chi connectivity index (χ2v) is 6.40. The zero-order valence-electron chi connectivity index (χ0n) is 12.0. The molecule has 106 valence electrons. The Morgan fingerprint density at radius 1 is 1.21 bits per heavy atom. The van der Waals surface area contributed by atoms with Crippen molar-refractivity contribution in [1.29, 1.82) is 0 Å². The summed E-state index contributed by atoms with van der Waals surface area (Å²) in [5.41, 5.74) is 1.53. The number of methoxy groups -OCH3 is 1. The lowest BCUT2D eigenvalue weighted by molar-refractivity contribution is -0.115. The summed E-state index contributed by atoms with van der Waals surface area (Å²) in [6, 6.07) is 8.12. The minimum absolute atomic E-state index is 0.326. The minimum Gasteiger partial charge on any atom is -0.497 e. The van der Waals surface area contributed by atoms with Gasteiger partial charge in [-0.3, -0.25) is 0 Å². The molecular formula is C16H23BrO2. The first-order valence-corrected chi connectivity index (χ1v) is 7.96. The summed E-state index contributed by atoms with van der Waals surface area (Å²) in [5.74, 6) is 0.893. The Kier molecular flexibility index (Phi) is 4.91. The number of ether oxygens (including phenoxy) is 2. The third kappa shape index (κ3) is 2.82. The van der Waals surface area contributed by atoms with Gasteiger partial charge in [-0.15, -0.1) is 0 Å². The van der Waals surface area contributed by atoms with Gasteiger partial charge in [-0.05, 0) is 37.0 Å². The Balaban J connectivity index is 1.91. The maximum absolute atomic E-state index is 6.13. The molecule has 1 aliphatic carbocycles. The molecule has 1 aromatic carbocycles. The highest BCUT2D eigenvalue weighted by Gasteiger charge is 2.52. The second-order valence-electron chi connectivity index (χ2n) is 5.29. The Hall–Kier alpha value is -0.540. The number of hydrogen-bond acceptors (Lipinski definition) is 2. The molecule has 0 spiro atoms. The van der Waals surface area contributed by atoms with E-state index >= 15 is 0 Å². The van der Waals surface area contributed by atoms with Crippen LogP contribution in [0.25, 0.3) is 0 Å². The van der Waals surface area contributed by atoms with Crippen molar-refractivity contribution in [1.82, 2.24) is 0 Å². The first-order chi connectivity index (χ1) is 9.16. The maximum Gasteiger partial charge on any atom is 0.118 e. The van der Waals surface area contributed by atoms with Crippen LogP contribution in [0.2, 0.25) is 0 Å². The van der Waals surface area contributed by atoms with E-state index in [1.54, 1.807) is 7.11 Å². The van der Waals surface area contributed by atoms with Crippen LogP contribution in [-0.4, -0.2) is 18.0 Å². The Bertz CT molecular complexity index is 398.